The SMILES string of the molecule is CCc1ccc(C=CC(=O)c2cccc3c2OC(N)(c2nn[nH]n2)CO3)cc1. The van der Waals surface area contributed by atoms with Gasteiger partial charge in [0.15, 0.2) is 17.3 Å². The summed E-state index contributed by atoms with van der Waals surface area (Å²) in [5.41, 5.74) is 7.33. The molecule has 1 aromatic heterocycles. The zero-order valence-corrected chi connectivity index (χ0v) is 15.3. The molecule has 0 saturated heterocycles. The van der Waals surface area contributed by atoms with Gasteiger partial charge in [0.25, 0.3) is 5.72 Å². The first-order valence-electron chi connectivity index (χ1n) is 8.88. The summed E-state index contributed by atoms with van der Waals surface area (Å²) >= 11 is 0. The van der Waals surface area contributed by atoms with Gasteiger partial charge in [-0.2, -0.15) is 5.21 Å². The van der Waals surface area contributed by atoms with E-state index >= 15 is 0 Å². The number of hydrogen-bond acceptors (Lipinski definition) is 7. The average Bonchev–Trinajstić information content (AvgIpc) is 3.28. The molecule has 1 atom stereocenters. The van der Waals surface area contributed by atoms with Gasteiger partial charge in [-0.3, -0.25) is 10.5 Å². The lowest BCUT2D eigenvalue weighted by atomic mass is 10.0. The monoisotopic (exact) mass is 377 g/mol. The van der Waals surface area contributed by atoms with Crippen molar-refractivity contribution in [3.8, 4) is 11.5 Å². The van der Waals surface area contributed by atoms with Gasteiger partial charge < -0.3 is 9.47 Å². The first kappa shape index (κ1) is 17.9. The minimum atomic E-state index is -1.43. The minimum Gasteiger partial charge on any atom is -0.483 e. The Hall–Kier alpha value is -3.52. The number of allylic oxidation sites excluding steroid dienone is 1. The lowest BCUT2D eigenvalue weighted by Gasteiger charge is -2.33. The molecule has 1 aliphatic rings. The van der Waals surface area contributed by atoms with Crippen molar-refractivity contribution in [3.63, 3.8) is 0 Å². The van der Waals surface area contributed by atoms with Gasteiger partial charge in [0.1, 0.15) is 6.61 Å². The molecule has 0 radical (unpaired) electrons. The highest BCUT2D eigenvalue weighted by atomic mass is 16.6. The molecule has 3 N–H and O–H groups in total. The van der Waals surface area contributed by atoms with Crippen molar-refractivity contribution >= 4 is 11.9 Å². The van der Waals surface area contributed by atoms with Crippen molar-refractivity contribution in [3.05, 3.63) is 71.1 Å². The highest BCUT2D eigenvalue weighted by molar-refractivity contribution is 6.09. The fraction of sp³-hybridized carbons (Fsp3) is 0.200. The second kappa shape index (κ2) is 7.24. The maximum Gasteiger partial charge on any atom is 0.257 e. The Labute approximate surface area is 161 Å². The van der Waals surface area contributed by atoms with Crippen LogP contribution in [0.5, 0.6) is 11.5 Å². The van der Waals surface area contributed by atoms with E-state index in [1.165, 1.54) is 11.6 Å². The quantitative estimate of drug-likeness (QED) is 0.517. The van der Waals surface area contributed by atoms with Crippen LogP contribution in [0.2, 0.25) is 0 Å². The average molecular weight is 377 g/mol. The number of ketones is 1. The Morgan fingerprint density at radius 3 is 2.82 bits per heavy atom. The zero-order chi connectivity index (χ0) is 19.6. The summed E-state index contributed by atoms with van der Waals surface area (Å²) in [4.78, 5) is 12.8. The van der Waals surface area contributed by atoms with E-state index in [4.69, 9.17) is 15.2 Å². The highest BCUT2D eigenvalue weighted by Gasteiger charge is 2.41. The number of carbonyl (C=O) groups is 1. The molecule has 2 heterocycles. The van der Waals surface area contributed by atoms with Crippen molar-refractivity contribution in [1.82, 2.24) is 20.6 Å². The van der Waals surface area contributed by atoms with Crippen molar-refractivity contribution in [1.29, 1.82) is 0 Å². The van der Waals surface area contributed by atoms with E-state index < -0.39 is 5.72 Å². The molecule has 142 valence electrons. The van der Waals surface area contributed by atoms with E-state index in [1.807, 2.05) is 24.3 Å². The third kappa shape index (κ3) is 3.37. The number of para-hydroxylation sites is 1. The number of fused-ring (bicyclic) bond motifs is 1. The number of nitrogens with one attached hydrogen (secondary N) is 1. The number of aromatic amines is 1. The molecule has 2 aromatic carbocycles. The molecular weight excluding hydrogens is 358 g/mol. The Bertz CT molecular complexity index is 1010. The van der Waals surface area contributed by atoms with Crippen molar-refractivity contribution in [2.24, 2.45) is 5.73 Å². The summed E-state index contributed by atoms with van der Waals surface area (Å²) in [6, 6.07) is 13.1. The van der Waals surface area contributed by atoms with Gasteiger partial charge in [0.05, 0.1) is 5.56 Å². The molecule has 1 unspecified atom stereocenters. The lowest BCUT2D eigenvalue weighted by Crippen LogP contribution is -2.51. The molecule has 28 heavy (non-hydrogen) atoms. The van der Waals surface area contributed by atoms with Crippen LogP contribution in [-0.4, -0.2) is 33.0 Å². The molecule has 1 aliphatic heterocycles. The van der Waals surface area contributed by atoms with E-state index in [9.17, 15) is 4.79 Å². The van der Waals surface area contributed by atoms with Gasteiger partial charge in [-0.15, -0.1) is 10.2 Å². The van der Waals surface area contributed by atoms with E-state index in [1.54, 1.807) is 24.3 Å². The highest BCUT2D eigenvalue weighted by Crippen LogP contribution is 2.39. The van der Waals surface area contributed by atoms with Crippen LogP contribution in [0.25, 0.3) is 6.08 Å². The number of ether oxygens (including phenoxy) is 2. The normalized spacial score (nSPS) is 18.4. The summed E-state index contributed by atoms with van der Waals surface area (Å²) in [7, 11) is 0. The zero-order valence-electron chi connectivity index (χ0n) is 15.3. The summed E-state index contributed by atoms with van der Waals surface area (Å²) < 4.78 is 11.6. The summed E-state index contributed by atoms with van der Waals surface area (Å²) in [6.07, 6.45) is 4.23. The standard InChI is InChI=1S/C20H19N5O3/c1-2-13-6-8-14(9-7-13)10-11-16(26)15-4-3-5-17-18(15)28-20(21,12-27-17)19-22-24-25-23-19/h3-11H,2,12,21H2,1H3,(H,22,23,24,25). The van der Waals surface area contributed by atoms with Gasteiger partial charge in [-0.25, -0.2) is 0 Å². The number of benzene rings is 2. The Balaban J connectivity index is 1.60. The molecule has 0 aliphatic carbocycles. The van der Waals surface area contributed by atoms with Crippen LogP contribution >= 0.6 is 0 Å². The minimum absolute atomic E-state index is 0.00318. The number of carbonyl (C=O) groups excluding carboxylic acids is 1. The van der Waals surface area contributed by atoms with Gasteiger partial charge >= 0.3 is 0 Å². The van der Waals surface area contributed by atoms with Crippen LogP contribution < -0.4 is 15.2 Å². The molecule has 8 nitrogen and oxygen atoms in total. The first-order chi connectivity index (χ1) is 13.6. The van der Waals surface area contributed by atoms with Crippen LogP contribution in [0, 0.1) is 0 Å². The number of H-pyrrole nitrogens is 1. The second-order valence-electron chi connectivity index (χ2n) is 6.44. The fourth-order valence-corrected chi connectivity index (χ4v) is 2.90. The fourth-order valence-electron chi connectivity index (χ4n) is 2.90. The van der Waals surface area contributed by atoms with Crippen LogP contribution in [0.4, 0.5) is 0 Å². The molecular formula is C20H19N5O3. The molecule has 0 saturated carbocycles. The van der Waals surface area contributed by atoms with Crippen LogP contribution in [0.1, 0.15) is 34.2 Å². The van der Waals surface area contributed by atoms with Gasteiger partial charge in [0.2, 0.25) is 5.82 Å². The number of nitrogens with two attached hydrogens (primary N) is 1. The Morgan fingerprint density at radius 1 is 1.29 bits per heavy atom. The molecule has 0 amide bonds. The van der Waals surface area contributed by atoms with Crippen molar-refractivity contribution in [2.45, 2.75) is 19.1 Å². The maximum atomic E-state index is 12.8. The first-order valence-corrected chi connectivity index (χ1v) is 8.88. The third-order valence-corrected chi connectivity index (χ3v) is 4.51. The summed E-state index contributed by atoms with van der Waals surface area (Å²) in [5.74, 6) is 0.623. The predicted molar refractivity (Wildman–Crippen MR) is 102 cm³/mol. The molecule has 0 spiro atoms. The van der Waals surface area contributed by atoms with Crippen molar-refractivity contribution < 1.29 is 14.3 Å². The second-order valence-corrected chi connectivity index (χ2v) is 6.44. The van der Waals surface area contributed by atoms with Gasteiger partial charge in [-0.05, 0) is 41.0 Å². The summed E-state index contributed by atoms with van der Waals surface area (Å²) in [6.45, 7) is 2.10. The Morgan fingerprint density at radius 2 is 2.11 bits per heavy atom. The molecule has 4 rings (SSSR count). The maximum absolute atomic E-state index is 12.8. The van der Waals surface area contributed by atoms with Crippen LogP contribution in [0.3, 0.4) is 0 Å². The number of aryl methyl sites for hydroxylation is 1. The molecule has 3 aromatic rings. The number of hydrogen-bond donors (Lipinski definition) is 2. The van der Waals surface area contributed by atoms with Crippen molar-refractivity contribution in [2.75, 3.05) is 6.61 Å². The molecule has 8 heteroatoms. The number of nitrogens with zero attached hydrogens (tertiary/aromatic N) is 3. The van der Waals surface area contributed by atoms with Gasteiger partial charge in [0, 0.05) is 0 Å². The Kier molecular flexibility index (Phi) is 4.62. The predicted octanol–water partition coefficient (Wildman–Crippen LogP) is 2.24. The topological polar surface area (TPSA) is 116 Å². The molecule has 0 fully saturated rings. The van der Waals surface area contributed by atoms with E-state index in [2.05, 4.69) is 27.5 Å². The van der Waals surface area contributed by atoms with Crippen LogP contribution in [-0.2, 0) is 12.1 Å². The van der Waals surface area contributed by atoms with Crippen LogP contribution in [0.15, 0.2) is 48.5 Å². The summed E-state index contributed by atoms with van der Waals surface area (Å²) in [5, 5.41) is 13.6. The number of aromatic nitrogens is 4. The third-order valence-electron chi connectivity index (χ3n) is 4.51. The largest absolute Gasteiger partial charge is 0.483 e. The molecule has 0 bridgehead atoms. The number of rotatable bonds is 5. The lowest BCUT2D eigenvalue weighted by molar-refractivity contribution is -0.0154. The number of tetrazole rings is 1. The smallest absolute Gasteiger partial charge is 0.257 e. The van der Waals surface area contributed by atoms with E-state index in [0.29, 0.717) is 11.3 Å². The van der Waals surface area contributed by atoms with E-state index in [0.717, 1.165) is 12.0 Å². The van der Waals surface area contributed by atoms with E-state index in [-0.39, 0.29) is 24.0 Å². The van der Waals surface area contributed by atoms with Gasteiger partial charge in [-0.1, -0.05) is 43.3 Å².